The summed E-state index contributed by atoms with van der Waals surface area (Å²) in [5, 5.41) is 8.93. The molecule has 36 heavy (non-hydrogen) atoms. The minimum atomic E-state index is -0.349. The topological polar surface area (TPSA) is 23.8 Å². The van der Waals surface area contributed by atoms with E-state index in [1.54, 1.807) is 12.1 Å². The van der Waals surface area contributed by atoms with Gasteiger partial charge in [-0.15, -0.1) is 0 Å². The van der Waals surface area contributed by atoms with Crippen molar-refractivity contribution in [2.45, 2.75) is 89.9 Å². The molecule has 3 aromatic rings. The molecule has 0 heterocycles. The van der Waals surface area contributed by atoms with Crippen molar-refractivity contribution in [1.82, 2.24) is 0 Å². The minimum absolute atomic E-state index is 0.347. The molecule has 0 bridgehead atoms. The fourth-order valence-electron chi connectivity index (χ4n) is 5.74. The zero-order valence-corrected chi connectivity index (χ0v) is 21.8. The monoisotopic (exact) mass is 481 g/mol. The maximum Gasteiger partial charge on any atom is 0.132 e. The van der Waals surface area contributed by atoms with Crippen LogP contribution in [0.5, 0.6) is 0 Å². The first-order chi connectivity index (χ1) is 17.7. The Morgan fingerprint density at radius 3 is 2.03 bits per heavy atom. The second-order valence-electron chi connectivity index (χ2n) is 10.7. The van der Waals surface area contributed by atoms with E-state index in [9.17, 15) is 4.39 Å². The van der Waals surface area contributed by atoms with Gasteiger partial charge in [0.2, 0.25) is 0 Å². The lowest BCUT2D eigenvalue weighted by atomic mass is 9.77. The lowest BCUT2D eigenvalue weighted by Crippen LogP contribution is -2.13. The molecule has 0 aromatic heterocycles. The first kappa shape index (κ1) is 26.2. The number of hydrogen-bond donors (Lipinski definition) is 0. The number of halogens is 1. The van der Waals surface area contributed by atoms with Crippen LogP contribution in [0.15, 0.2) is 66.7 Å². The normalized spacial score (nSPS) is 17.6. The fraction of sp³-hybridized carbons (Fsp3) is 0.441. The summed E-state index contributed by atoms with van der Waals surface area (Å²) < 4.78 is 14.3. The van der Waals surface area contributed by atoms with Gasteiger partial charge >= 0.3 is 0 Å². The van der Waals surface area contributed by atoms with Crippen LogP contribution in [0.25, 0.3) is 11.1 Å². The number of hydrogen-bond acceptors (Lipinski definition) is 1. The van der Waals surface area contributed by atoms with E-state index < -0.39 is 0 Å². The van der Waals surface area contributed by atoms with E-state index in [0.717, 1.165) is 30.2 Å². The Kier molecular flexibility index (Phi) is 9.74. The van der Waals surface area contributed by atoms with E-state index in [0.29, 0.717) is 11.1 Å². The molecule has 0 spiro atoms. The number of rotatable bonds is 11. The third kappa shape index (κ3) is 7.30. The molecule has 4 rings (SSSR count). The number of benzene rings is 3. The molecular weight excluding hydrogens is 441 g/mol. The zero-order chi connectivity index (χ0) is 25.2. The number of nitriles is 1. The summed E-state index contributed by atoms with van der Waals surface area (Å²) in [4.78, 5) is 0. The lowest BCUT2D eigenvalue weighted by Gasteiger charge is -2.29. The predicted octanol–water partition coefficient (Wildman–Crippen LogP) is 9.78. The lowest BCUT2D eigenvalue weighted by molar-refractivity contribution is 0.302. The molecule has 0 aliphatic heterocycles. The Morgan fingerprint density at radius 2 is 1.42 bits per heavy atom. The maximum atomic E-state index is 14.3. The van der Waals surface area contributed by atoms with Crippen LogP contribution in [-0.2, 0) is 12.8 Å². The van der Waals surface area contributed by atoms with Crippen molar-refractivity contribution in [2.24, 2.45) is 5.92 Å². The van der Waals surface area contributed by atoms with Crippen molar-refractivity contribution >= 4 is 0 Å². The molecule has 0 radical (unpaired) electrons. The fourth-order valence-corrected chi connectivity index (χ4v) is 5.74. The summed E-state index contributed by atoms with van der Waals surface area (Å²) in [6.45, 7) is 2.29. The second-order valence-corrected chi connectivity index (χ2v) is 10.7. The van der Waals surface area contributed by atoms with Crippen LogP contribution in [0.1, 0.15) is 99.3 Å². The van der Waals surface area contributed by atoms with E-state index in [1.807, 2.05) is 18.2 Å². The van der Waals surface area contributed by atoms with E-state index in [-0.39, 0.29) is 5.82 Å². The van der Waals surface area contributed by atoms with Crippen molar-refractivity contribution in [3.8, 4) is 17.2 Å². The van der Waals surface area contributed by atoms with Gasteiger partial charge in [0.05, 0.1) is 11.6 Å². The highest BCUT2D eigenvalue weighted by molar-refractivity contribution is 5.65. The van der Waals surface area contributed by atoms with Crippen molar-refractivity contribution in [3.05, 3.63) is 94.8 Å². The molecule has 1 aliphatic rings. The molecule has 188 valence electrons. The molecule has 1 saturated carbocycles. The molecule has 0 unspecified atom stereocenters. The second kappa shape index (κ2) is 13.4. The van der Waals surface area contributed by atoms with Crippen molar-refractivity contribution < 1.29 is 4.39 Å². The largest absolute Gasteiger partial charge is 0.206 e. The Morgan fingerprint density at radius 1 is 0.778 bits per heavy atom. The smallest absolute Gasteiger partial charge is 0.132 e. The van der Waals surface area contributed by atoms with Crippen LogP contribution in [0.3, 0.4) is 0 Å². The van der Waals surface area contributed by atoms with Gasteiger partial charge in [0.15, 0.2) is 0 Å². The van der Waals surface area contributed by atoms with Gasteiger partial charge in [-0.3, -0.25) is 0 Å². The highest BCUT2D eigenvalue weighted by Gasteiger charge is 2.22. The summed E-state index contributed by atoms with van der Waals surface area (Å²) in [6, 6.07) is 24.1. The van der Waals surface area contributed by atoms with E-state index in [2.05, 4.69) is 43.3 Å². The van der Waals surface area contributed by atoms with Gasteiger partial charge in [-0.25, -0.2) is 4.39 Å². The molecule has 1 fully saturated rings. The van der Waals surface area contributed by atoms with E-state index in [4.69, 9.17) is 5.26 Å². The molecule has 0 N–H and O–H groups in total. The van der Waals surface area contributed by atoms with Crippen molar-refractivity contribution in [1.29, 1.82) is 5.26 Å². The maximum absolute atomic E-state index is 14.3. The van der Waals surface area contributed by atoms with Crippen molar-refractivity contribution in [2.75, 3.05) is 0 Å². The van der Waals surface area contributed by atoms with Crippen LogP contribution in [-0.4, -0.2) is 0 Å². The van der Waals surface area contributed by atoms with Gasteiger partial charge in [-0.05, 0) is 84.7 Å². The van der Waals surface area contributed by atoms with Crippen LogP contribution in [0.4, 0.5) is 4.39 Å². The summed E-state index contributed by atoms with van der Waals surface area (Å²) >= 11 is 0. The molecule has 1 nitrogen and oxygen atoms in total. The predicted molar refractivity (Wildman–Crippen MR) is 148 cm³/mol. The summed E-state index contributed by atoms with van der Waals surface area (Å²) in [5.41, 5.74) is 5.88. The quantitative estimate of drug-likeness (QED) is 0.250. The molecule has 2 heteroatoms. The first-order valence-electron chi connectivity index (χ1n) is 14.0. The average Bonchev–Trinajstić information content (AvgIpc) is 2.93. The van der Waals surface area contributed by atoms with Gasteiger partial charge in [-0.1, -0.05) is 100 Å². The minimum Gasteiger partial charge on any atom is -0.206 e. The Balaban J connectivity index is 1.23. The van der Waals surface area contributed by atoms with Gasteiger partial charge in [0.1, 0.15) is 5.82 Å². The Bertz CT molecular complexity index is 1120. The van der Waals surface area contributed by atoms with E-state index >= 15 is 0 Å². The van der Waals surface area contributed by atoms with Crippen LogP contribution in [0.2, 0.25) is 0 Å². The van der Waals surface area contributed by atoms with Gasteiger partial charge in [0, 0.05) is 5.56 Å². The average molecular weight is 482 g/mol. The summed E-state index contributed by atoms with van der Waals surface area (Å²) in [5.74, 6) is 1.35. The number of aryl methyl sites for hydroxylation is 2. The zero-order valence-electron chi connectivity index (χ0n) is 21.8. The molecule has 1 aliphatic carbocycles. The molecule has 0 saturated heterocycles. The molecular formula is C34H40FN. The summed E-state index contributed by atoms with van der Waals surface area (Å²) in [7, 11) is 0. The molecule has 3 aromatic carbocycles. The van der Waals surface area contributed by atoms with Gasteiger partial charge in [0.25, 0.3) is 0 Å². The van der Waals surface area contributed by atoms with Crippen molar-refractivity contribution in [3.63, 3.8) is 0 Å². The molecule has 0 amide bonds. The summed E-state index contributed by atoms with van der Waals surface area (Å²) in [6.07, 6.45) is 15.9. The van der Waals surface area contributed by atoms with Gasteiger partial charge in [-0.2, -0.15) is 5.26 Å². The van der Waals surface area contributed by atoms with Crippen LogP contribution >= 0.6 is 0 Å². The standard InChI is InChI=1S/C34H40FN/c1-2-3-4-5-6-7-26-10-17-30(18-11-26)31-19-12-27(13-20-31)8-9-28-14-21-32(22-15-28)33-23-16-29(25-36)24-34(33)35/h12-16,19-24,26,30H,2-11,17-18H2,1H3/t26-,30-. The SMILES string of the molecule is CCCCCCC[C@H]1CC[C@H](c2ccc(CCc3ccc(-c4ccc(C#N)cc4F)cc3)cc2)CC1. The third-order valence-electron chi connectivity index (χ3n) is 8.08. The first-order valence-corrected chi connectivity index (χ1v) is 14.0. The van der Waals surface area contributed by atoms with Gasteiger partial charge < -0.3 is 0 Å². The number of nitrogens with zero attached hydrogens (tertiary/aromatic N) is 1. The van der Waals surface area contributed by atoms with Crippen LogP contribution in [0, 0.1) is 23.1 Å². The highest BCUT2D eigenvalue weighted by atomic mass is 19.1. The Hall–Kier alpha value is -2.92. The highest BCUT2D eigenvalue weighted by Crippen LogP contribution is 2.38. The number of unbranched alkanes of at least 4 members (excludes halogenated alkanes) is 4. The molecule has 0 atom stereocenters. The van der Waals surface area contributed by atoms with E-state index in [1.165, 1.54) is 87.0 Å². The third-order valence-corrected chi connectivity index (χ3v) is 8.08. The van der Waals surface area contributed by atoms with Crippen LogP contribution < -0.4 is 0 Å². The Labute approximate surface area is 217 Å².